The van der Waals surface area contributed by atoms with Crippen molar-refractivity contribution >= 4 is 45.8 Å². The van der Waals surface area contributed by atoms with Gasteiger partial charge in [-0.25, -0.2) is 9.99 Å². The molecule has 136 valence electrons. The van der Waals surface area contributed by atoms with Crippen LogP contribution in [0.4, 0.5) is 5.13 Å². The minimum Gasteiger partial charge on any atom is -0.302 e. The van der Waals surface area contributed by atoms with Crippen LogP contribution in [0.25, 0.3) is 0 Å². The SMILES string of the molecule is CSc1sc(NC(=O)CCC(=O)N2CCC(c3ccccc3)=N2)nc1C. The first-order chi connectivity index (χ1) is 12.6. The van der Waals surface area contributed by atoms with Crippen LogP contribution in [0.3, 0.4) is 0 Å². The van der Waals surface area contributed by atoms with E-state index in [2.05, 4.69) is 15.4 Å². The summed E-state index contributed by atoms with van der Waals surface area (Å²) in [5, 5.41) is 9.21. The fourth-order valence-electron chi connectivity index (χ4n) is 2.63. The molecule has 6 nitrogen and oxygen atoms in total. The molecule has 8 heteroatoms. The number of carbonyl (C=O) groups is 2. The maximum atomic E-state index is 12.3. The van der Waals surface area contributed by atoms with E-state index in [0.717, 1.165) is 27.6 Å². The molecule has 0 saturated carbocycles. The predicted molar refractivity (Wildman–Crippen MR) is 106 cm³/mol. The van der Waals surface area contributed by atoms with Crippen molar-refractivity contribution in [3.63, 3.8) is 0 Å². The van der Waals surface area contributed by atoms with Gasteiger partial charge in [-0.1, -0.05) is 41.7 Å². The van der Waals surface area contributed by atoms with Crippen LogP contribution in [0, 0.1) is 6.92 Å². The monoisotopic (exact) mass is 388 g/mol. The number of hydrogen-bond donors (Lipinski definition) is 1. The highest BCUT2D eigenvalue weighted by atomic mass is 32.2. The minimum absolute atomic E-state index is 0.124. The minimum atomic E-state index is -0.203. The summed E-state index contributed by atoms with van der Waals surface area (Å²) in [5.74, 6) is -0.336. The lowest BCUT2D eigenvalue weighted by molar-refractivity contribution is -0.132. The first kappa shape index (κ1) is 18.6. The van der Waals surface area contributed by atoms with E-state index >= 15 is 0 Å². The Morgan fingerprint density at radius 1 is 1.27 bits per heavy atom. The molecule has 2 heterocycles. The van der Waals surface area contributed by atoms with Crippen molar-refractivity contribution in [2.24, 2.45) is 5.10 Å². The lowest BCUT2D eigenvalue weighted by Crippen LogP contribution is -2.24. The van der Waals surface area contributed by atoms with E-state index in [-0.39, 0.29) is 24.7 Å². The quantitative estimate of drug-likeness (QED) is 0.768. The molecular weight excluding hydrogens is 368 g/mol. The van der Waals surface area contributed by atoms with Gasteiger partial charge in [-0.3, -0.25) is 9.59 Å². The average molecular weight is 389 g/mol. The fraction of sp³-hybridized carbons (Fsp3) is 0.333. The molecule has 2 amide bonds. The van der Waals surface area contributed by atoms with Crippen LogP contribution >= 0.6 is 23.1 Å². The zero-order chi connectivity index (χ0) is 18.5. The standard InChI is InChI=1S/C18H20N4O2S2/c1-12-17(25-2)26-18(19-12)20-15(23)8-9-16(24)22-11-10-14(21-22)13-6-4-3-5-7-13/h3-7H,8-11H2,1-2H3,(H,19,20,23). The van der Waals surface area contributed by atoms with Crippen LogP contribution in [-0.2, 0) is 9.59 Å². The summed E-state index contributed by atoms with van der Waals surface area (Å²) in [7, 11) is 0. The molecule has 1 N–H and O–H groups in total. The molecule has 1 aromatic heterocycles. The van der Waals surface area contributed by atoms with E-state index in [9.17, 15) is 9.59 Å². The highest BCUT2D eigenvalue weighted by molar-refractivity contribution is 8.00. The highest BCUT2D eigenvalue weighted by Gasteiger charge is 2.22. The van der Waals surface area contributed by atoms with Gasteiger partial charge in [0.2, 0.25) is 11.8 Å². The zero-order valence-electron chi connectivity index (χ0n) is 14.7. The fourth-order valence-corrected chi connectivity index (χ4v) is 4.25. The molecule has 0 atom stereocenters. The van der Waals surface area contributed by atoms with E-state index in [1.165, 1.54) is 16.3 Å². The normalized spacial score (nSPS) is 13.6. The number of anilines is 1. The van der Waals surface area contributed by atoms with E-state index in [1.807, 2.05) is 43.5 Å². The van der Waals surface area contributed by atoms with Crippen molar-refractivity contribution in [3.05, 3.63) is 41.6 Å². The number of rotatable bonds is 6. The van der Waals surface area contributed by atoms with E-state index in [4.69, 9.17) is 0 Å². The second-order valence-corrected chi connectivity index (χ2v) is 7.90. The Hall–Kier alpha value is -2.19. The number of carbonyl (C=O) groups excluding carboxylic acids is 2. The topological polar surface area (TPSA) is 74.7 Å². The maximum Gasteiger partial charge on any atom is 0.243 e. The number of amides is 2. The molecule has 0 bridgehead atoms. The van der Waals surface area contributed by atoms with Crippen LogP contribution in [0.2, 0.25) is 0 Å². The Labute approximate surface area is 160 Å². The molecule has 1 aliphatic rings. The van der Waals surface area contributed by atoms with Crippen molar-refractivity contribution in [2.45, 2.75) is 30.4 Å². The third-order valence-corrected chi connectivity index (χ3v) is 6.23. The molecular formula is C18H20N4O2S2. The largest absolute Gasteiger partial charge is 0.302 e. The Morgan fingerprint density at radius 3 is 2.73 bits per heavy atom. The average Bonchev–Trinajstić information content (AvgIpc) is 3.27. The Bertz CT molecular complexity index is 833. The van der Waals surface area contributed by atoms with Crippen molar-refractivity contribution in [1.82, 2.24) is 9.99 Å². The first-order valence-electron chi connectivity index (χ1n) is 8.31. The zero-order valence-corrected chi connectivity index (χ0v) is 16.3. The van der Waals surface area contributed by atoms with Gasteiger partial charge in [-0.15, -0.1) is 11.8 Å². The molecule has 0 fully saturated rings. The predicted octanol–water partition coefficient (Wildman–Crippen LogP) is 3.53. The van der Waals surface area contributed by atoms with Crippen molar-refractivity contribution in [2.75, 3.05) is 18.1 Å². The Morgan fingerprint density at radius 2 is 2.04 bits per heavy atom. The summed E-state index contributed by atoms with van der Waals surface area (Å²) in [5.41, 5.74) is 2.85. The maximum absolute atomic E-state index is 12.3. The van der Waals surface area contributed by atoms with Gasteiger partial charge in [-0.05, 0) is 18.7 Å². The van der Waals surface area contributed by atoms with Crippen LogP contribution in [0.1, 0.15) is 30.5 Å². The third kappa shape index (κ3) is 4.50. The van der Waals surface area contributed by atoms with E-state index in [0.29, 0.717) is 11.7 Å². The summed E-state index contributed by atoms with van der Waals surface area (Å²) >= 11 is 3.05. The number of nitrogens with one attached hydrogen (secondary N) is 1. The Balaban J connectivity index is 1.51. The van der Waals surface area contributed by atoms with Gasteiger partial charge in [0.25, 0.3) is 0 Å². The van der Waals surface area contributed by atoms with Crippen LogP contribution in [0.5, 0.6) is 0 Å². The smallest absolute Gasteiger partial charge is 0.243 e. The number of aromatic nitrogens is 1. The molecule has 3 rings (SSSR count). The number of nitrogens with zero attached hydrogens (tertiary/aromatic N) is 3. The summed E-state index contributed by atoms with van der Waals surface area (Å²) < 4.78 is 1.08. The molecule has 1 aliphatic heterocycles. The number of hydrogen-bond acceptors (Lipinski definition) is 6. The summed E-state index contributed by atoms with van der Waals surface area (Å²) in [6.07, 6.45) is 2.97. The lowest BCUT2D eigenvalue weighted by atomic mass is 10.1. The second kappa shape index (κ2) is 8.46. The van der Waals surface area contributed by atoms with Gasteiger partial charge < -0.3 is 5.32 Å². The molecule has 0 unspecified atom stereocenters. The van der Waals surface area contributed by atoms with Crippen molar-refractivity contribution < 1.29 is 9.59 Å². The molecule has 2 aromatic rings. The molecule has 0 aliphatic carbocycles. The van der Waals surface area contributed by atoms with Gasteiger partial charge >= 0.3 is 0 Å². The number of thioether (sulfide) groups is 1. The highest BCUT2D eigenvalue weighted by Crippen LogP contribution is 2.30. The molecule has 26 heavy (non-hydrogen) atoms. The number of hydrazone groups is 1. The van der Waals surface area contributed by atoms with Gasteiger partial charge in [0, 0.05) is 19.3 Å². The molecule has 0 spiro atoms. The molecule has 0 radical (unpaired) electrons. The molecule has 1 aromatic carbocycles. The third-order valence-electron chi connectivity index (χ3n) is 3.95. The number of aryl methyl sites for hydroxylation is 1. The number of benzene rings is 1. The van der Waals surface area contributed by atoms with Crippen LogP contribution < -0.4 is 5.32 Å². The summed E-state index contributed by atoms with van der Waals surface area (Å²) in [4.78, 5) is 28.7. The second-order valence-electron chi connectivity index (χ2n) is 5.82. The van der Waals surface area contributed by atoms with Gasteiger partial charge in [0.1, 0.15) is 0 Å². The molecule has 0 saturated heterocycles. The first-order valence-corrected chi connectivity index (χ1v) is 10.4. The van der Waals surface area contributed by atoms with Crippen molar-refractivity contribution in [3.8, 4) is 0 Å². The van der Waals surface area contributed by atoms with Gasteiger partial charge in [0.15, 0.2) is 5.13 Å². The van der Waals surface area contributed by atoms with Crippen molar-refractivity contribution in [1.29, 1.82) is 0 Å². The van der Waals surface area contributed by atoms with Gasteiger partial charge in [-0.2, -0.15) is 5.10 Å². The van der Waals surface area contributed by atoms with Gasteiger partial charge in [0.05, 0.1) is 22.2 Å². The van der Waals surface area contributed by atoms with E-state index in [1.54, 1.807) is 11.8 Å². The van der Waals surface area contributed by atoms with Crippen LogP contribution in [0.15, 0.2) is 39.6 Å². The Kier molecular flexibility index (Phi) is 6.05. The number of thiazole rings is 1. The van der Waals surface area contributed by atoms with E-state index < -0.39 is 0 Å². The summed E-state index contributed by atoms with van der Waals surface area (Å²) in [6, 6.07) is 9.83. The van der Waals surface area contributed by atoms with Crippen LogP contribution in [-0.4, -0.2) is 40.3 Å². The summed E-state index contributed by atoms with van der Waals surface area (Å²) in [6.45, 7) is 2.48. The lowest BCUT2D eigenvalue weighted by Gasteiger charge is -2.10.